The summed E-state index contributed by atoms with van der Waals surface area (Å²) < 4.78 is 0. The van der Waals surface area contributed by atoms with E-state index in [1.54, 1.807) is 11.3 Å². The van der Waals surface area contributed by atoms with Crippen molar-refractivity contribution in [3.05, 3.63) is 15.6 Å². The van der Waals surface area contributed by atoms with Crippen LogP contribution in [0.15, 0.2) is 0 Å². The van der Waals surface area contributed by atoms with Gasteiger partial charge in [0.25, 0.3) is 0 Å². The monoisotopic (exact) mass is 307 g/mol. The number of hydrogen-bond donors (Lipinski definition) is 0. The SMILES string of the molecule is Cc1nc(CC(=O)N2CCC3(CCN(C)CC3)C2)c(C)s1. The van der Waals surface area contributed by atoms with Crippen molar-refractivity contribution >= 4 is 17.2 Å². The van der Waals surface area contributed by atoms with Crippen LogP contribution < -0.4 is 0 Å². The van der Waals surface area contributed by atoms with Gasteiger partial charge in [0.1, 0.15) is 0 Å². The van der Waals surface area contributed by atoms with Crippen LogP contribution in [0.3, 0.4) is 0 Å². The molecule has 4 nitrogen and oxygen atoms in total. The summed E-state index contributed by atoms with van der Waals surface area (Å²) in [6.07, 6.45) is 4.14. The van der Waals surface area contributed by atoms with Gasteiger partial charge in [0.15, 0.2) is 0 Å². The van der Waals surface area contributed by atoms with Crippen LogP contribution in [0.4, 0.5) is 0 Å². The number of rotatable bonds is 2. The van der Waals surface area contributed by atoms with Crippen molar-refractivity contribution in [3.8, 4) is 0 Å². The zero-order valence-corrected chi connectivity index (χ0v) is 14.1. The average molecular weight is 307 g/mol. The summed E-state index contributed by atoms with van der Waals surface area (Å²) in [5.41, 5.74) is 1.38. The topological polar surface area (TPSA) is 36.4 Å². The molecule has 0 saturated carbocycles. The molecule has 1 aromatic heterocycles. The number of hydrogen-bond acceptors (Lipinski definition) is 4. The second kappa shape index (κ2) is 5.69. The second-order valence-electron chi connectivity index (χ2n) is 6.78. The Morgan fingerprint density at radius 1 is 1.24 bits per heavy atom. The molecule has 21 heavy (non-hydrogen) atoms. The van der Waals surface area contributed by atoms with Gasteiger partial charge < -0.3 is 9.80 Å². The normalized spacial score (nSPS) is 22.1. The molecule has 1 aromatic rings. The van der Waals surface area contributed by atoms with Gasteiger partial charge in [-0.25, -0.2) is 4.98 Å². The van der Waals surface area contributed by atoms with Gasteiger partial charge in [-0.1, -0.05) is 0 Å². The van der Waals surface area contributed by atoms with E-state index in [0.717, 1.165) is 23.8 Å². The molecule has 3 rings (SSSR count). The van der Waals surface area contributed by atoms with E-state index in [0.29, 0.717) is 11.8 Å². The maximum Gasteiger partial charge on any atom is 0.228 e. The first-order valence-corrected chi connectivity index (χ1v) is 8.68. The third kappa shape index (κ3) is 3.14. The zero-order chi connectivity index (χ0) is 15.0. The minimum Gasteiger partial charge on any atom is -0.342 e. The van der Waals surface area contributed by atoms with Gasteiger partial charge in [-0.15, -0.1) is 11.3 Å². The predicted octanol–water partition coefficient (Wildman–Crippen LogP) is 2.25. The van der Waals surface area contributed by atoms with Gasteiger partial charge in [0, 0.05) is 18.0 Å². The Kier molecular flexibility index (Phi) is 4.06. The average Bonchev–Trinajstić information content (AvgIpc) is 2.99. The van der Waals surface area contributed by atoms with E-state index in [1.165, 1.54) is 37.2 Å². The molecule has 0 bridgehead atoms. The number of carbonyl (C=O) groups excluding carboxylic acids is 1. The second-order valence-corrected chi connectivity index (χ2v) is 8.19. The fourth-order valence-corrected chi connectivity index (χ4v) is 4.47. The number of aromatic nitrogens is 1. The molecule has 2 fully saturated rings. The maximum absolute atomic E-state index is 12.5. The molecule has 0 unspecified atom stereocenters. The van der Waals surface area contributed by atoms with Crippen LogP contribution in [0.5, 0.6) is 0 Å². The standard InChI is InChI=1S/C16H25N3OS/c1-12-14(17-13(2)21-12)10-15(20)19-9-6-16(11-19)4-7-18(3)8-5-16/h4-11H2,1-3H3. The molecule has 5 heteroatoms. The van der Waals surface area contributed by atoms with Crippen molar-refractivity contribution in [1.82, 2.24) is 14.8 Å². The fraction of sp³-hybridized carbons (Fsp3) is 0.750. The Hall–Kier alpha value is -0.940. The molecular formula is C16H25N3OS. The van der Waals surface area contributed by atoms with Crippen LogP contribution in [0, 0.1) is 19.3 Å². The quantitative estimate of drug-likeness (QED) is 0.841. The van der Waals surface area contributed by atoms with E-state index in [1.807, 2.05) is 6.92 Å². The summed E-state index contributed by atoms with van der Waals surface area (Å²) in [6.45, 7) is 8.32. The van der Waals surface area contributed by atoms with Gasteiger partial charge in [0.2, 0.25) is 5.91 Å². The van der Waals surface area contributed by atoms with Gasteiger partial charge in [-0.05, 0) is 58.7 Å². The minimum atomic E-state index is 0.263. The first-order valence-electron chi connectivity index (χ1n) is 7.87. The lowest BCUT2D eigenvalue weighted by molar-refractivity contribution is -0.130. The lowest BCUT2D eigenvalue weighted by Crippen LogP contribution is -2.40. The molecule has 0 atom stereocenters. The lowest BCUT2D eigenvalue weighted by atomic mass is 9.78. The highest BCUT2D eigenvalue weighted by Gasteiger charge is 2.41. The van der Waals surface area contributed by atoms with Crippen LogP contribution >= 0.6 is 11.3 Å². The molecule has 2 aliphatic rings. The number of amides is 1. The van der Waals surface area contributed by atoms with Gasteiger partial charge >= 0.3 is 0 Å². The number of aryl methyl sites for hydroxylation is 2. The summed E-state index contributed by atoms with van der Waals surface area (Å²) in [5, 5.41) is 1.06. The first-order chi connectivity index (χ1) is 9.97. The first kappa shape index (κ1) is 15.0. The molecule has 1 amide bonds. The molecule has 0 aromatic carbocycles. The van der Waals surface area contributed by atoms with Gasteiger partial charge in [-0.3, -0.25) is 4.79 Å². The molecule has 0 aliphatic carbocycles. The van der Waals surface area contributed by atoms with Crippen molar-refractivity contribution in [1.29, 1.82) is 0 Å². The summed E-state index contributed by atoms with van der Waals surface area (Å²) in [4.78, 5) is 22.7. The Balaban J connectivity index is 1.61. The van der Waals surface area contributed by atoms with Crippen LogP contribution in [0.25, 0.3) is 0 Å². The maximum atomic E-state index is 12.5. The number of thiazole rings is 1. The zero-order valence-electron chi connectivity index (χ0n) is 13.3. The number of likely N-dealkylation sites (tertiary alicyclic amines) is 2. The summed E-state index contributed by atoms with van der Waals surface area (Å²) in [6, 6.07) is 0. The highest BCUT2D eigenvalue weighted by molar-refractivity contribution is 7.11. The van der Waals surface area contributed by atoms with E-state index >= 15 is 0 Å². The largest absolute Gasteiger partial charge is 0.342 e. The van der Waals surface area contributed by atoms with Gasteiger partial charge in [-0.2, -0.15) is 0 Å². The molecule has 2 aliphatic heterocycles. The lowest BCUT2D eigenvalue weighted by Gasteiger charge is -2.37. The summed E-state index contributed by atoms with van der Waals surface area (Å²) in [5.74, 6) is 0.263. The predicted molar refractivity (Wildman–Crippen MR) is 85.7 cm³/mol. The molecule has 0 radical (unpaired) electrons. The molecule has 2 saturated heterocycles. The van der Waals surface area contributed by atoms with Crippen molar-refractivity contribution in [2.75, 3.05) is 33.2 Å². The van der Waals surface area contributed by atoms with Crippen LogP contribution in [-0.4, -0.2) is 53.9 Å². The fourth-order valence-electron chi connectivity index (χ4n) is 3.64. The third-order valence-electron chi connectivity index (χ3n) is 5.16. The minimum absolute atomic E-state index is 0.263. The van der Waals surface area contributed by atoms with Crippen molar-refractivity contribution < 1.29 is 4.79 Å². The van der Waals surface area contributed by atoms with Crippen molar-refractivity contribution in [3.63, 3.8) is 0 Å². The Bertz CT molecular complexity index is 532. The van der Waals surface area contributed by atoms with Crippen LogP contribution in [0.1, 0.15) is 34.8 Å². The Morgan fingerprint density at radius 3 is 2.52 bits per heavy atom. The highest BCUT2D eigenvalue weighted by Crippen LogP contribution is 2.40. The molecule has 0 N–H and O–H groups in total. The highest BCUT2D eigenvalue weighted by atomic mass is 32.1. The third-order valence-corrected chi connectivity index (χ3v) is 6.09. The Labute approximate surface area is 131 Å². The van der Waals surface area contributed by atoms with E-state index in [4.69, 9.17) is 0 Å². The van der Waals surface area contributed by atoms with Gasteiger partial charge in [0.05, 0.1) is 17.1 Å². The van der Waals surface area contributed by atoms with Crippen LogP contribution in [0.2, 0.25) is 0 Å². The Morgan fingerprint density at radius 2 is 1.90 bits per heavy atom. The number of nitrogens with zero attached hydrogens (tertiary/aromatic N) is 3. The molecule has 116 valence electrons. The van der Waals surface area contributed by atoms with E-state index in [2.05, 4.69) is 28.8 Å². The van der Waals surface area contributed by atoms with E-state index in [-0.39, 0.29) is 5.91 Å². The molecule has 3 heterocycles. The summed E-state index contributed by atoms with van der Waals surface area (Å²) >= 11 is 1.69. The van der Waals surface area contributed by atoms with E-state index < -0.39 is 0 Å². The van der Waals surface area contributed by atoms with Crippen molar-refractivity contribution in [2.45, 2.75) is 39.5 Å². The molecule has 1 spiro atoms. The smallest absolute Gasteiger partial charge is 0.228 e. The van der Waals surface area contributed by atoms with E-state index in [9.17, 15) is 4.79 Å². The number of carbonyl (C=O) groups is 1. The van der Waals surface area contributed by atoms with Crippen LogP contribution in [-0.2, 0) is 11.2 Å². The molecular weight excluding hydrogens is 282 g/mol. The van der Waals surface area contributed by atoms with Crippen molar-refractivity contribution in [2.24, 2.45) is 5.41 Å². The number of piperidine rings is 1. The summed E-state index contributed by atoms with van der Waals surface area (Å²) in [7, 11) is 2.19.